The maximum atomic E-state index is 5.39. The summed E-state index contributed by atoms with van der Waals surface area (Å²) in [5.74, 6) is 1.80. The third kappa shape index (κ3) is 3.51. The summed E-state index contributed by atoms with van der Waals surface area (Å²) in [6, 6.07) is 16.2. The molecule has 2 nitrogen and oxygen atoms in total. The quantitative estimate of drug-likeness (QED) is 0.761. The molecular formula is C16H17BrO2. The lowest BCUT2D eigenvalue weighted by Gasteiger charge is -2.14. The van der Waals surface area contributed by atoms with Gasteiger partial charge < -0.3 is 9.47 Å². The zero-order chi connectivity index (χ0) is 13.7. The molecule has 1 atom stereocenters. The van der Waals surface area contributed by atoms with Gasteiger partial charge in [0.2, 0.25) is 0 Å². The lowest BCUT2D eigenvalue weighted by Crippen LogP contribution is -1.99. The van der Waals surface area contributed by atoms with Crippen LogP contribution in [-0.2, 0) is 6.42 Å². The molecule has 0 spiro atoms. The van der Waals surface area contributed by atoms with Crippen LogP contribution in [0, 0.1) is 0 Å². The van der Waals surface area contributed by atoms with Crippen molar-refractivity contribution < 1.29 is 9.47 Å². The fourth-order valence-corrected chi connectivity index (χ4v) is 2.79. The van der Waals surface area contributed by atoms with Gasteiger partial charge in [0.1, 0.15) is 11.5 Å². The van der Waals surface area contributed by atoms with E-state index in [9.17, 15) is 0 Å². The molecule has 0 aromatic heterocycles. The van der Waals surface area contributed by atoms with Gasteiger partial charge in [-0.05, 0) is 30.2 Å². The van der Waals surface area contributed by atoms with Gasteiger partial charge >= 0.3 is 0 Å². The summed E-state index contributed by atoms with van der Waals surface area (Å²) >= 11 is 3.74. The molecule has 0 aliphatic carbocycles. The van der Waals surface area contributed by atoms with E-state index in [-0.39, 0.29) is 4.83 Å². The Hall–Kier alpha value is -1.48. The SMILES string of the molecule is COc1cccc(CC(Br)c2ccccc2OC)c1. The van der Waals surface area contributed by atoms with Crippen molar-refractivity contribution in [3.05, 3.63) is 59.7 Å². The molecular weight excluding hydrogens is 304 g/mol. The zero-order valence-corrected chi connectivity index (χ0v) is 12.7. The average Bonchev–Trinajstić information content (AvgIpc) is 2.47. The summed E-state index contributed by atoms with van der Waals surface area (Å²) in [6.45, 7) is 0. The predicted molar refractivity (Wildman–Crippen MR) is 81.4 cm³/mol. The smallest absolute Gasteiger partial charge is 0.123 e. The molecule has 0 bridgehead atoms. The van der Waals surface area contributed by atoms with Gasteiger partial charge in [0.15, 0.2) is 0 Å². The number of para-hydroxylation sites is 1. The highest BCUT2D eigenvalue weighted by Crippen LogP contribution is 2.34. The molecule has 2 rings (SSSR count). The number of halogens is 1. The third-order valence-corrected chi connectivity index (χ3v) is 3.84. The van der Waals surface area contributed by atoms with Crippen molar-refractivity contribution in [3.63, 3.8) is 0 Å². The van der Waals surface area contributed by atoms with Crippen LogP contribution in [0.15, 0.2) is 48.5 Å². The minimum atomic E-state index is 0.218. The predicted octanol–water partition coefficient (Wildman–Crippen LogP) is 4.38. The summed E-state index contributed by atoms with van der Waals surface area (Å²) < 4.78 is 10.6. The lowest BCUT2D eigenvalue weighted by atomic mass is 10.0. The number of hydrogen-bond acceptors (Lipinski definition) is 2. The van der Waals surface area contributed by atoms with E-state index >= 15 is 0 Å². The van der Waals surface area contributed by atoms with Crippen molar-refractivity contribution in [3.8, 4) is 11.5 Å². The van der Waals surface area contributed by atoms with E-state index in [1.165, 1.54) is 5.56 Å². The molecule has 2 aromatic rings. The Morgan fingerprint density at radius 3 is 2.53 bits per heavy atom. The molecule has 2 aromatic carbocycles. The standard InChI is InChI=1S/C16H17BrO2/c1-18-13-7-5-6-12(10-13)11-15(17)14-8-3-4-9-16(14)19-2/h3-10,15H,11H2,1-2H3. The van der Waals surface area contributed by atoms with E-state index in [1.54, 1.807) is 14.2 Å². The maximum absolute atomic E-state index is 5.39. The Kier molecular flexibility index (Phi) is 4.86. The Bertz CT molecular complexity index is 540. The van der Waals surface area contributed by atoms with Crippen LogP contribution in [0.25, 0.3) is 0 Å². The van der Waals surface area contributed by atoms with Crippen molar-refractivity contribution in [2.45, 2.75) is 11.2 Å². The van der Waals surface area contributed by atoms with Crippen LogP contribution in [0.1, 0.15) is 16.0 Å². The molecule has 0 saturated carbocycles. The van der Waals surface area contributed by atoms with Gasteiger partial charge in [-0.3, -0.25) is 0 Å². The number of rotatable bonds is 5. The van der Waals surface area contributed by atoms with Crippen molar-refractivity contribution in [2.75, 3.05) is 14.2 Å². The Labute approximate surface area is 122 Å². The molecule has 100 valence electrons. The van der Waals surface area contributed by atoms with E-state index in [1.807, 2.05) is 30.3 Å². The molecule has 0 amide bonds. The summed E-state index contributed by atoms with van der Waals surface area (Å²) in [7, 11) is 3.38. The number of hydrogen-bond donors (Lipinski definition) is 0. The molecule has 0 saturated heterocycles. The molecule has 1 unspecified atom stereocenters. The van der Waals surface area contributed by atoms with Crippen LogP contribution in [-0.4, -0.2) is 14.2 Å². The Morgan fingerprint density at radius 2 is 1.79 bits per heavy atom. The maximum Gasteiger partial charge on any atom is 0.123 e. The van der Waals surface area contributed by atoms with Gasteiger partial charge in [0, 0.05) is 10.4 Å². The summed E-state index contributed by atoms with van der Waals surface area (Å²) in [6.07, 6.45) is 0.886. The van der Waals surface area contributed by atoms with Crippen LogP contribution in [0.4, 0.5) is 0 Å². The van der Waals surface area contributed by atoms with Crippen LogP contribution in [0.3, 0.4) is 0 Å². The van der Waals surface area contributed by atoms with Crippen molar-refractivity contribution in [2.24, 2.45) is 0 Å². The second-order valence-corrected chi connectivity index (χ2v) is 5.37. The Morgan fingerprint density at radius 1 is 1.00 bits per heavy atom. The fraction of sp³-hybridized carbons (Fsp3) is 0.250. The van der Waals surface area contributed by atoms with Crippen molar-refractivity contribution in [1.82, 2.24) is 0 Å². The fourth-order valence-electron chi connectivity index (χ4n) is 2.04. The van der Waals surface area contributed by atoms with Gasteiger partial charge in [-0.2, -0.15) is 0 Å². The second-order valence-electron chi connectivity index (χ2n) is 4.27. The first-order chi connectivity index (χ1) is 9.24. The monoisotopic (exact) mass is 320 g/mol. The van der Waals surface area contributed by atoms with Crippen LogP contribution in [0.2, 0.25) is 0 Å². The van der Waals surface area contributed by atoms with Gasteiger partial charge in [-0.25, -0.2) is 0 Å². The first-order valence-corrected chi connectivity index (χ1v) is 7.06. The molecule has 0 aliphatic rings. The highest BCUT2D eigenvalue weighted by atomic mass is 79.9. The summed E-state index contributed by atoms with van der Waals surface area (Å²) in [5, 5.41) is 0. The molecule has 0 radical (unpaired) electrons. The van der Waals surface area contributed by atoms with Gasteiger partial charge in [-0.15, -0.1) is 0 Å². The molecule has 3 heteroatoms. The van der Waals surface area contributed by atoms with Crippen molar-refractivity contribution in [1.29, 1.82) is 0 Å². The minimum Gasteiger partial charge on any atom is -0.497 e. The van der Waals surface area contributed by atoms with E-state index in [0.717, 1.165) is 23.5 Å². The van der Waals surface area contributed by atoms with Crippen molar-refractivity contribution >= 4 is 15.9 Å². The topological polar surface area (TPSA) is 18.5 Å². The van der Waals surface area contributed by atoms with E-state index < -0.39 is 0 Å². The minimum absolute atomic E-state index is 0.218. The number of benzene rings is 2. The Balaban J connectivity index is 2.18. The lowest BCUT2D eigenvalue weighted by molar-refractivity contribution is 0.409. The number of ether oxygens (including phenoxy) is 2. The average molecular weight is 321 g/mol. The van der Waals surface area contributed by atoms with Crippen LogP contribution >= 0.6 is 15.9 Å². The molecule has 0 fully saturated rings. The zero-order valence-electron chi connectivity index (χ0n) is 11.1. The van der Waals surface area contributed by atoms with Gasteiger partial charge in [0.25, 0.3) is 0 Å². The third-order valence-electron chi connectivity index (χ3n) is 3.03. The van der Waals surface area contributed by atoms with E-state index in [2.05, 4.69) is 34.1 Å². The molecule has 19 heavy (non-hydrogen) atoms. The summed E-state index contributed by atoms with van der Waals surface area (Å²) in [5.41, 5.74) is 2.39. The highest BCUT2D eigenvalue weighted by Gasteiger charge is 2.13. The van der Waals surface area contributed by atoms with E-state index in [0.29, 0.717) is 0 Å². The first kappa shape index (κ1) is 13.9. The summed E-state index contributed by atoms with van der Waals surface area (Å²) in [4.78, 5) is 0.218. The molecule has 0 aliphatic heterocycles. The van der Waals surface area contributed by atoms with Gasteiger partial charge in [-0.1, -0.05) is 46.3 Å². The van der Waals surface area contributed by atoms with Crippen LogP contribution in [0.5, 0.6) is 11.5 Å². The normalized spacial score (nSPS) is 11.9. The second kappa shape index (κ2) is 6.62. The number of alkyl halides is 1. The largest absolute Gasteiger partial charge is 0.497 e. The molecule has 0 heterocycles. The van der Waals surface area contributed by atoms with E-state index in [4.69, 9.17) is 9.47 Å². The van der Waals surface area contributed by atoms with Crippen LogP contribution < -0.4 is 9.47 Å². The van der Waals surface area contributed by atoms with Gasteiger partial charge in [0.05, 0.1) is 14.2 Å². The first-order valence-electron chi connectivity index (χ1n) is 6.14. The molecule has 0 N–H and O–H groups in total. The number of methoxy groups -OCH3 is 2. The highest BCUT2D eigenvalue weighted by molar-refractivity contribution is 9.09.